The van der Waals surface area contributed by atoms with Crippen molar-refractivity contribution < 1.29 is 8.78 Å². The molecule has 0 saturated heterocycles. The van der Waals surface area contributed by atoms with Crippen molar-refractivity contribution in [2.75, 3.05) is 0 Å². The Hall–Kier alpha value is 0.150. The highest BCUT2D eigenvalue weighted by atomic mass is 127. The van der Waals surface area contributed by atoms with E-state index in [-0.39, 0.29) is 10.2 Å². The van der Waals surface area contributed by atoms with Crippen molar-refractivity contribution in [2.45, 2.75) is 6.43 Å². The predicted octanol–water partition coefficient (Wildman–Crippen LogP) is 2.78. The highest BCUT2D eigenvalue weighted by Crippen LogP contribution is 2.27. The Labute approximate surface area is 83.7 Å². The van der Waals surface area contributed by atoms with E-state index in [2.05, 4.69) is 25.9 Å². The average molecular weight is 335 g/mol. The minimum atomic E-state index is -2.55. The number of aromatic nitrogens is 2. The van der Waals surface area contributed by atoms with Crippen LogP contribution in [0.25, 0.3) is 0 Å². The smallest absolute Gasteiger partial charge is 0.234 e. The van der Waals surface area contributed by atoms with Crippen LogP contribution in [0.3, 0.4) is 0 Å². The Balaban J connectivity index is 3.17. The van der Waals surface area contributed by atoms with Crippen molar-refractivity contribution in [2.24, 2.45) is 0 Å². The van der Waals surface area contributed by atoms with Crippen LogP contribution in [-0.2, 0) is 0 Å². The summed E-state index contributed by atoms with van der Waals surface area (Å²) >= 11 is 4.82. The fraction of sp³-hybridized carbons (Fsp3) is 0.200. The Morgan fingerprint density at radius 3 is 2.55 bits per heavy atom. The SMILES string of the molecule is FC(F)c1ncnc(I)c1Br. The molecule has 0 aromatic carbocycles. The molecule has 1 aromatic heterocycles. The molecule has 1 heterocycles. The van der Waals surface area contributed by atoms with Crippen LogP contribution in [0, 0.1) is 3.70 Å². The topological polar surface area (TPSA) is 25.8 Å². The summed E-state index contributed by atoms with van der Waals surface area (Å²) in [7, 11) is 0. The predicted molar refractivity (Wildman–Crippen MR) is 47.4 cm³/mol. The van der Waals surface area contributed by atoms with Gasteiger partial charge in [-0.2, -0.15) is 0 Å². The molecule has 0 fully saturated rings. The maximum atomic E-state index is 12.1. The second-order valence-electron chi connectivity index (χ2n) is 1.66. The van der Waals surface area contributed by atoms with E-state index in [4.69, 9.17) is 0 Å². The van der Waals surface area contributed by atoms with Gasteiger partial charge in [-0.05, 0) is 38.5 Å². The van der Waals surface area contributed by atoms with Gasteiger partial charge < -0.3 is 0 Å². The molecule has 0 bridgehead atoms. The zero-order valence-corrected chi connectivity index (χ0v) is 8.80. The summed E-state index contributed by atoms with van der Waals surface area (Å²) < 4.78 is 24.9. The number of hydrogen-bond acceptors (Lipinski definition) is 2. The van der Waals surface area contributed by atoms with Crippen LogP contribution in [-0.4, -0.2) is 9.97 Å². The molecule has 0 spiro atoms. The number of halogens is 4. The standard InChI is InChI=1S/C5H2BrF2IN2/c6-2-3(4(7)8)10-1-11-5(2)9/h1,4H. The summed E-state index contributed by atoms with van der Waals surface area (Å²) in [6, 6.07) is 0. The second-order valence-corrected chi connectivity index (χ2v) is 3.48. The molecule has 0 atom stereocenters. The average Bonchev–Trinajstić information content (AvgIpc) is 1.94. The molecule has 0 saturated carbocycles. The molecule has 1 aromatic rings. The maximum absolute atomic E-state index is 12.1. The summed E-state index contributed by atoms with van der Waals surface area (Å²) in [5, 5.41) is 0. The molecule has 0 amide bonds. The van der Waals surface area contributed by atoms with E-state index in [1.165, 1.54) is 0 Å². The zero-order chi connectivity index (χ0) is 8.43. The van der Waals surface area contributed by atoms with Crippen LogP contribution in [0.4, 0.5) is 8.78 Å². The van der Waals surface area contributed by atoms with E-state index in [1.54, 1.807) is 0 Å². The van der Waals surface area contributed by atoms with E-state index < -0.39 is 6.43 Å². The monoisotopic (exact) mass is 334 g/mol. The van der Waals surface area contributed by atoms with Gasteiger partial charge in [0.25, 0.3) is 6.43 Å². The molecule has 0 aliphatic carbocycles. The second kappa shape index (κ2) is 3.70. The zero-order valence-electron chi connectivity index (χ0n) is 5.06. The third-order valence-corrected chi connectivity index (χ3v) is 3.32. The highest BCUT2D eigenvalue weighted by Gasteiger charge is 2.15. The summed E-state index contributed by atoms with van der Waals surface area (Å²) in [5.41, 5.74) is -0.260. The molecule has 0 radical (unpaired) electrons. The van der Waals surface area contributed by atoms with E-state index in [1.807, 2.05) is 22.6 Å². The van der Waals surface area contributed by atoms with Crippen molar-refractivity contribution in [1.82, 2.24) is 9.97 Å². The molecule has 60 valence electrons. The maximum Gasteiger partial charge on any atom is 0.281 e. The largest absolute Gasteiger partial charge is 0.281 e. The Morgan fingerprint density at radius 1 is 1.45 bits per heavy atom. The van der Waals surface area contributed by atoms with Crippen LogP contribution in [0.2, 0.25) is 0 Å². The molecule has 0 aliphatic rings. The molecular weight excluding hydrogens is 333 g/mol. The van der Waals surface area contributed by atoms with Crippen LogP contribution >= 0.6 is 38.5 Å². The minimum absolute atomic E-state index is 0.260. The molecule has 11 heavy (non-hydrogen) atoms. The van der Waals surface area contributed by atoms with Gasteiger partial charge in [-0.25, -0.2) is 18.7 Å². The Bertz CT molecular complexity index is 269. The Morgan fingerprint density at radius 2 is 2.09 bits per heavy atom. The highest BCUT2D eigenvalue weighted by molar-refractivity contribution is 14.1. The number of alkyl halides is 2. The lowest BCUT2D eigenvalue weighted by molar-refractivity contribution is 0.145. The van der Waals surface area contributed by atoms with Crippen molar-refractivity contribution in [3.63, 3.8) is 0 Å². The molecule has 2 nitrogen and oxygen atoms in total. The summed E-state index contributed by atoms with van der Waals surface area (Å²) in [6.07, 6.45) is -1.44. The van der Waals surface area contributed by atoms with Gasteiger partial charge in [0.05, 0.1) is 4.47 Å². The van der Waals surface area contributed by atoms with Crippen molar-refractivity contribution >= 4 is 38.5 Å². The van der Waals surface area contributed by atoms with Crippen LogP contribution in [0.1, 0.15) is 12.1 Å². The molecule has 0 N–H and O–H groups in total. The third-order valence-electron chi connectivity index (χ3n) is 0.981. The summed E-state index contributed by atoms with van der Waals surface area (Å²) in [6.45, 7) is 0. The van der Waals surface area contributed by atoms with E-state index in [0.29, 0.717) is 3.70 Å². The molecule has 1 rings (SSSR count). The number of nitrogens with zero attached hydrogens (tertiary/aromatic N) is 2. The van der Waals surface area contributed by atoms with Crippen molar-refractivity contribution in [1.29, 1.82) is 0 Å². The first kappa shape index (κ1) is 9.24. The van der Waals surface area contributed by atoms with Gasteiger partial charge in [-0.1, -0.05) is 0 Å². The van der Waals surface area contributed by atoms with Gasteiger partial charge in [-0.15, -0.1) is 0 Å². The number of rotatable bonds is 1. The quantitative estimate of drug-likeness (QED) is 0.583. The fourth-order valence-electron chi connectivity index (χ4n) is 0.513. The lowest BCUT2D eigenvalue weighted by atomic mass is 10.4. The van der Waals surface area contributed by atoms with Gasteiger partial charge >= 0.3 is 0 Å². The lowest BCUT2D eigenvalue weighted by Gasteiger charge is -2.01. The van der Waals surface area contributed by atoms with Gasteiger partial charge in [-0.3, -0.25) is 0 Å². The van der Waals surface area contributed by atoms with E-state index in [0.717, 1.165) is 6.33 Å². The number of hydrogen-bond donors (Lipinski definition) is 0. The van der Waals surface area contributed by atoms with E-state index in [9.17, 15) is 8.78 Å². The van der Waals surface area contributed by atoms with Crippen LogP contribution < -0.4 is 0 Å². The van der Waals surface area contributed by atoms with Gasteiger partial charge in [0.1, 0.15) is 15.7 Å². The minimum Gasteiger partial charge on any atom is -0.234 e. The first-order valence-electron chi connectivity index (χ1n) is 2.57. The first-order valence-corrected chi connectivity index (χ1v) is 4.44. The van der Waals surface area contributed by atoms with Gasteiger partial charge in [0.2, 0.25) is 0 Å². The first-order chi connectivity index (χ1) is 5.13. The van der Waals surface area contributed by atoms with Gasteiger partial charge in [0.15, 0.2) is 0 Å². The molecule has 0 unspecified atom stereocenters. The van der Waals surface area contributed by atoms with E-state index >= 15 is 0 Å². The Kier molecular flexibility index (Phi) is 3.11. The third kappa shape index (κ3) is 2.05. The van der Waals surface area contributed by atoms with Crippen LogP contribution in [0.5, 0.6) is 0 Å². The normalized spacial score (nSPS) is 10.6. The lowest BCUT2D eigenvalue weighted by Crippen LogP contribution is -1.95. The van der Waals surface area contributed by atoms with Crippen molar-refractivity contribution in [3.8, 4) is 0 Å². The summed E-state index contributed by atoms with van der Waals surface area (Å²) in [5.74, 6) is 0. The molecule has 0 aliphatic heterocycles. The molecule has 6 heteroatoms. The van der Waals surface area contributed by atoms with Crippen molar-refractivity contribution in [3.05, 3.63) is 20.2 Å². The van der Waals surface area contributed by atoms with Crippen LogP contribution in [0.15, 0.2) is 10.8 Å². The molecular formula is C5H2BrF2IN2. The summed E-state index contributed by atoms with van der Waals surface area (Å²) in [4.78, 5) is 7.14. The van der Waals surface area contributed by atoms with Gasteiger partial charge in [0, 0.05) is 0 Å². The fourth-order valence-corrected chi connectivity index (χ4v) is 1.29.